The van der Waals surface area contributed by atoms with Crippen LogP contribution >= 0.6 is 0 Å². The lowest BCUT2D eigenvalue weighted by Crippen LogP contribution is -2.29. The van der Waals surface area contributed by atoms with Crippen molar-refractivity contribution in [2.75, 3.05) is 7.11 Å². The monoisotopic (exact) mass is 249 g/mol. The van der Waals surface area contributed by atoms with E-state index < -0.39 is 0 Å². The molecule has 0 radical (unpaired) electrons. The van der Waals surface area contributed by atoms with Gasteiger partial charge in [0, 0.05) is 7.11 Å². The minimum atomic E-state index is -0.0420. The summed E-state index contributed by atoms with van der Waals surface area (Å²) >= 11 is 0. The molecule has 0 heterocycles. The van der Waals surface area contributed by atoms with Crippen LogP contribution in [-0.4, -0.2) is 19.1 Å². The average molecular weight is 249 g/mol. The SMILES string of the molecule is CCc1ccc([C@H](C)NC(=O)C[C@H](C)OC)cc1. The van der Waals surface area contributed by atoms with Gasteiger partial charge < -0.3 is 10.1 Å². The van der Waals surface area contributed by atoms with E-state index in [1.54, 1.807) is 7.11 Å². The highest BCUT2D eigenvalue weighted by Gasteiger charge is 2.12. The van der Waals surface area contributed by atoms with Crippen molar-refractivity contribution < 1.29 is 9.53 Å². The molecule has 0 unspecified atom stereocenters. The zero-order chi connectivity index (χ0) is 13.5. The second kappa shape index (κ2) is 7.17. The second-order valence-corrected chi connectivity index (χ2v) is 4.63. The van der Waals surface area contributed by atoms with Crippen molar-refractivity contribution >= 4 is 5.91 Å². The molecule has 18 heavy (non-hydrogen) atoms. The van der Waals surface area contributed by atoms with Gasteiger partial charge in [-0.2, -0.15) is 0 Å². The third kappa shape index (κ3) is 4.49. The molecular weight excluding hydrogens is 226 g/mol. The molecule has 0 spiro atoms. The van der Waals surface area contributed by atoms with Crippen LogP contribution in [0.3, 0.4) is 0 Å². The van der Waals surface area contributed by atoms with E-state index in [4.69, 9.17) is 4.74 Å². The molecule has 1 aromatic rings. The van der Waals surface area contributed by atoms with Crippen molar-refractivity contribution in [3.05, 3.63) is 35.4 Å². The Balaban J connectivity index is 2.53. The number of carbonyl (C=O) groups excluding carboxylic acids is 1. The Bertz CT molecular complexity index is 373. The molecule has 3 nitrogen and oxygen atoms in total. The molecule has 2 atom stereocenters. The fraction of sp³-hybridized carbons (Fsp3) is 0.533. The van der Waals surface area contributed by atoms with Gasteiger partial charge in [-0.3, -0.25) is 4.79 Å². The number of benzene rings is 1. The predicted molar refractivity (Wildman–Crippen MR) is 73.5 cm³/mol. The van der Waals surface area contributed by atoms with Gasteiger partial charge >= 0.3 is 0 Å². The maximum absolute atomic E-state index is 11.7. The topological polar surface area (TPSA) is 38.3 Å². The summed E-state index contributed by atoms with van der Waals surface area (Å²) in [5, 5.41) is 2.98. The molecule has 1 rings (SSSR count). The third-order valence-electron chi connectivity index (χ3n) is 3.14. The van der Waals surface area contributed by atoms with Crippen LogP contribution < -0.4 is 5.32 Å². The zero-order valence-corrected chi connectivity index (χ0v) is 11.7. The first-order valence-electron chi connectivity index (χ1n) is 6.47. The van der Waals surface area contributed by atoms with Crippen molar-refractivity contribution in [3.63, 3.8) is 0 Å². The highest BCUT2D eigenvalue weighted by molar-refractivity contribution is 5.76. The van der Waals surface area contributed by atoms with Crippen LogP contribution in [0.1, 0.15) is 44.4 Å². The molecule has 1 N–H and O–H groups in total. The highest BCUT2D eigenvalue weighted by Crippen LogP contribution is 2.14. The van der Waals surface area contributed by atoms with Crippen LogP contribution in [0.5, 0.6) is 0 Å². The molecule has 0 aliphatic rings. The smallest absolute Gasteiger partial charge is 0.223 e. The van der Waals surface area contributed by atoms with E-state index in [1.165, 1.54) is 5.56 Å². The van der Waals surface area contributed by atoms with Gasteiger partial charge in [0.25, 0.3) is 0 Å². The lowest BCUT2D eigenvalue weighted by molar-refractivity contribution is -0.123. The molecule has 0 bridgehead atoms. The fourth-order valence-electron chi connectivity index (χ4n) is 1.77. The summed E-state index contributed by atoms with van der Waals surface area (Å²) in [5.74, 6) is 0.0245. The van der Waals surface area contributed by atoms with Crippen LogP contribution in [0.25, 0.3) is 0 Å². The van der Waals surface area contributed by atoms with E-state index >= 15 is 0 Å². The number of aryl methyl sites for hydroxylation is 1. The molecule has 100 valence electrons. The van der Waals surface area contributed by atoms with Crippen LogP contribution in [0, 0.1) is 0 Å². The van der Waals surface area contributed by atoms with E-state index in [-0.39, 0.29) is 18.1 Å². The number of carbonyl (C=O) groups is 1. The van der Waals surface area contributed by atoms with Crippen molar-refractivity contribution in [2.24, 2.45) is 0 Å². The van der Waals surface area contributed by atoms with E-state index in [0.717, 1.165) is 12.0 Å². The molecule has 0 aliphatic heterocycles. The maximum atomic E-state index is 11.7. The normalized spacial score (nSPS) is 14.0. The number of nitrogens with one attached hydrogen (secondary N) is 1. The molecular formula is C15H23NO2. The van der Waals surface area contributed by atoms with Crippen molar-refractivity contribution in [1.29, 1.82) is 0 Å². The van der Waals surface area contributed by atoms with Gasteiger partial charge in [-0.1, -0.05) is 31.2 Å². The fourth-order valence-corrected chi connectivity index (χ4v) is 1.77. The van der Waals surface area contributed by atoms with Gasteiger partial charge in [-0.25, -0.2) is 0 Å². The Morgan fingerprint density at radius 1 is 1.28 bits per heavy atom. The van der Waals surface area contributed by atoms with Crippen LogP contribution in [-0.2, 0) is 16.0 Å². The Hall–Kier alpha value is -1.35. The number of rotatable bonds is 6. The van der Waals surface area contributed by atoms with Gasteiger partial charge in [0.15, 0.2) is 0 Å². The quantitative estimate of drug-likeness (QED) is 0.842. The molecule has 0 aliphatic carbocycles. The summed E-state index contributed by atoms with van der Waals surface area (Å²) < 4.78 is 5.08. The molecule has 0 saturated carbocycles. The molecule has 0 saturated heterocycles. The van der Waals surface area contributed by atoms with Crippen molar-refractivity contribution in [3.8, 4) is 0 Å². The first-order chi connectivity index (χ1) is 8.56. The van der Waals surface area contributed by atoms with Crippen molar-refractivity contribution in [1.82, 2.24) is 5.32 Å². The minimum Gasteiger partial charge on any atom is -0.381 e. The predicted octanol–water partition coefficient (Wildman–Crippen LogP) is 2.85. The highest BCUT2D eigenvalue weighted by atomic mass is 16.5. The van der Waals surface area contributed by atoms with Gasteiger partial charge in [0.2, 0.25) is 5.91 Å². The van der Waals surface area contributed by atoms with Gasteiger partial charge in [-0.15, -0.1) is 0 Å². The Morgan fingerprint density at radius 2 is 1.89 bits per heavy atom. The molecule has 1 aromatic carbocycles. The maximum Gasteiger partial charge on any atom is 0.223 e. The third-order valence-corrected chi connectivity index (χ3v) is 3.14. The lowest BCUT2D eigenvalue weighted by atomic mass is 10.0. The van der Waals surface area contributed by atoms with Crippen LogP contribution in [0.2, 0.25) is 0 Å². The number of hydrogen-bond acceptors (Lipinski definition) is 2. The first-order valence-corrected chi connectivity index (χ1v) is 6.47. The number of ether oxygens (including phenoxy) is 1. The van der Waals surface area contributed by atoms with E-state index in [9.17, 15) is 4.79 Å². The standard InChI is InChI=1S/C15H23NO2/c1-5-13-6-8-14(9-7-13)12(3)16-15(17)10-11(2)18-4/h6-9,11-12H,5,10H2,1-4H3,(H,16,17)/t11-,12-/m0/s1. The molecule has 3 heteroatoms. The summed E-state index contributed by atoms with van der Waals surface area (Å²) in [7, 11) is 1.62. The summed E-state index contributed by atoms with van der Waals surface area (Å²) in [6.45, 7) is 6.02. The lowest BCUT2D eigenvalue weighted by Gasteiger charge is -2.16. The van der Waals surface area contributed by atoms with E-state index in [1.807, 2.05) is 13.8 Å². The Morgan fingerprint density at radius 3 is 2.39 bits per heavy atom. The van der Waals surface area contributed by atoms with Crippen molar-refractivity contribution in [2.45, 2.75) is 45.8 Å². The summed E-state index contributed by atoms with van der Waals surface area (Å²) in [6, 6.07) is 8.39. The molecule has 0 fully saturated rings. The number of amides is 1. The summed E-state index contributed by atoms with van der Waals surface area (Å²) in [5.41, 5.74) is 2.44. The number of hydrogen-bond donors (Lipinski definition) is 1. The minimum absolute atomic E-state index is 0.0245. The Labute approximate surface area is 110 Å². The van der Waals surface area contributed by atoms with Gasteiger partial charge in [0.05, 0.1) is 18.6 Å². The summed E-state index contributed by atoms with van der Waals surface area (Å²) in [6.07, 6.45) is 1.39. The van der Waals surface area contributed by atoms with E-state index in [2.05, 4.69) is 36.5 Å². The summed E-state index contributed by atoms with van der Waals surface area (Å²) in [4.78, 5) is 11.7. The molecule has 0 aromatic heterocycles. The average Bonchev–Trinajstić information content (AvgIpc) is 2.38. The second-order valence-electron chi connectivity index (χ2n) is 4.63. The zero-order valence-electron chi connectivity index (χ0n) is 11.7. The van der Waals surface area contributed by atoms with Gasteiger partial charge in [-0.05, 0) is 31.4 Å². The Kier molecular flexibility index (Phi) is 5.86. The van der Waals surface area contributed by atoms with Gasteiger partial charge in [0.1, 0.15) is 0 Å². The molecule has 1 amide bonds. The number of methoxy groups -OCH3 is 1. The van der Waals surface area contributed by atoms with Crippen LogP contribution in [0.4, 0.5) is 0 Å². The van der Waals surface area contributed by atoms with Crippen LogP contribution in [0.15, 0.2) is 24.3 Å². The largest absolute Gasteiger partial charge is 0.381 e. The first kappa shape index (κ1) is 14.7. The van der Waals surface area contributed by atoms with E-state index in [0.29, 0.717) is 6.42 Å².